The molecule has 0 bridgehead atoms. The van der Waals surface area contributed by atoms with Crippen molar-refractivity contribution in [2.45, 2.75) is 89.7 Å². The zero-order chi connectivity index (χ0) is 24.6. The Bertz CT molecular complexity index is 956. The number of hydrogen-bond donors (Lipinski definition) is 2. The van der Waals surface area contributed by atoms with Gasteiger partial charge >= 0.3 is 5.97 Å². The van der Waals surface area contributed by atoms with Crippen molar-refractivity contribution < 1.29 is 24.5 Å². The summed E-state index contributed by atoms with van der Waals surface area (Å²) in [7, 11) is 0. The summed E-state index contributed by atoms with van der Waals surface area (Å²) in [5.74, 6) is 1.20. The van der Waals surface area contributed by atoms with E-state index >= 15 is 0 Å². The van der Waals surface area contributed by atoms with Gasteiger partial charge in [0.15, 0.2) is 5.78 Å². The lowest BCUT2D eigenvalue weighted by Crippen LogP contribution is -2.68. The van der Waals surface area contributed by atoms with Gasteiger partial charge in [0.25, 0.3) is 0 Å². The van der Waals surface area contributed by atoms with Gasteiger partial charge in [-0.1, -0.05) is 25.5 Å². The fraction of sp³-hybridized carbons (Fsp3) is 0.786. The van der Waals surface area contributed by atoms with Crippen molar-refractivity contribution in [2.75, 3.05) is 6.61 Å². The number of aliphatic hydroxyl groups is 2. The number of esters is 1. The van der Waals surface area contributed by atoms with Gasteiger partial charge in [-0.25, -0.2) is 4.79 Å². The Morgan fingerprint density at radius 1 is 1.21 bits per heavy atom. The van der Waals surface area contributed by atoms with E-state index in [2.05, 4.69) is 13.8 Å². The SMILES string of the molecule is CC1=C(CO)C(=O)OC([C@@H](C)[C@H]2CC[C@H]3[C@@H]4C[C@H](Cl)[C@]5(O)CC=CC(=O)[C@]5(C)[C@H]4CC[C@]23C)C1. The first-order valence-corrected chi connectivity index (χ1v) is 13.5. The third kappa shape index (κ3) is 3.12. The van der Waals surface area contributed by atoms with E-state index in [1.807, 2.05) is 13.8 Å². The number of carbonyl (C=O) groups is 2. The molecule has 3 fully saturated rings. The molecule has 6 heteroatoms. The number of ether oxygens (including phenoxy) is 1. The highest BCUT2D eigenvalue weighted by atomic mass is 35.5. The van der Waals surface area contributed by atoms with Crippen LogP contribution in [-0.4, -0.2) is 45.7 Å². The normalized spacial score (nSPS) is 49.3. The second-order valence-corrected chi connectivity index (χ2v) is 12.9. The maximum Gasteiger partial charge on any atom is 0.336 e. The summed E-state index contributed by atoms with van der Waals surface area (Å²) in [6, 6.07) is 0. The Morgan fingerprint density at radius 2 is 1.94 bits per heavy atom. The van der Waals surface area contributed by atoms with Gasteiger partial charge in [0, 0.05) is 6.42 Å². The van der Waals surface area contributed by atoms with Crippen LogP contribution in [0.3, 0.4) is 0 Å². The van der Waals surface area contributed by atoms with Crippen molar-refractivity contribution in [3.05, 3.63) is 23.3 Å². The molecule has 0 aromatic rings. The predicted octanol–water partition coefficient (Wildman–Crippen LogP) is 4.58. The van der Waals surface area contributed by atoms with Gasteiger partial charge < -0.3 is 14.9 Å². The lowest BCUT2D eigenvalue weighted by atomic mass is 9.43. The van der Waals surface area contributed by atoms with Crippen LogP contribution in [0.2, 0.25) is 0 Å². The maximum atomic E-state index is 13.2. The summed E-state index contributed by atoms with van der Waals surface area (Å²) in [5.41, 5.74) is -0.568. The van der Waals surface area contributed by atoms with E-state index in [1.165, 1.54) is 0 Å². The van der Waals surface area contributed by atoms with Crippen LogP contribution in [-0.2, 0) is 14.3 Å². The van der Waals surface area contributed by atoms with Crippen molar-refractivity contribution in [2.24, 2.45) is 40.4 Å². The zero-order valence-corrected chi connectivity index (χ0v) is 21.6. The third-order valence-corrected chi connectivity index (χ3v) is 11.8. The van der Waals surface area contributed by atoms with Gasteiger partial charge in [0.1, 0.15) is 6.10 Å². The van der Waals surface area contributed by atoms with Crippen molar-refractivity contribution in [3.63, 3.8) is 0 Å². The lowest BCUT2D eigenvalue weighted by Gasteiger charge is -2.63. The Labute approximate surface area is 208 Å². The van der Waals surface area contributed by atoms with E-state index in [1.54, 1.807) is 12.2 Å². The molecule has 2 N–H and O–H groups in total. The largest absolute Gasteiger partial charge is 0.458 e. The van der Waals surface area contributed by atoms with E-state index in [4.69, 9.17) is 16.3 Å². The Kier molecular flexibility index (Phi) is 5.90. The van der Waals surface area contributed by atoms with Crippen LogP contribution in [0.4, 0.5) is 0 Å². The highest BCUT2D eigenvalue weighted by Gasteiger charge is 2.69. The van der Waals surface area contributed by atoms with Gasteiger partial charge in [-0.3, -0.25) is 4.79 Å². The number of allylic oxidation sites excluding steroid dienone is 1. The second kappa shape index (κ2) is 8.18. The Morgan fingerprint density at radius 3 is 2.62 bits per heavy atom. The molecule has 0 spiro atoms. The molecule has 0 aromatic carbocycles. The van der Waals surface area contributed by atoms with Gasteiger partial charge in [0.2, 0.25) is 0 Å². The average molecular weight is 491 g/mol. The predicted molar refractivity (Wildman–Crippen MR) is 130 cm³/mol. The molecule has 0 aromatic heterocycles. The van der Waals surface area contributed by atoms with Crippen LogP contribution in [0, 0.1) is 40.4 Å². The fourth-order valence-electron chi connectivity index (χ4n) is 9.17. The van der Waals surface area contributed by atoms with Gasteiger partial charge in [0.05, 0.1) is 28.6 Å². The first-order chi connectivity index (χ1) is 16.0. The molecule has 0 amide bonds. The minimum absolute atomic E-state index is 0.0317. The molecular formula is C28H39ClO5. The molecule has 0 radical (unpaired) electrons. The molecular weight excluding hydrogens is 452 g/mol. The van der Waals surface area contributed by atoms with Gasteiger partial charge in [-0.15, -0.1) is 11.6 Å². The van der Waals surface area contributed by atoms with Crippen LogP contribution in [0.25, 0.3) is 0 Å². The standard InChI is InChI=1S/C28H39ClO5/c1-15-12-22(34-25(32)18(15)14-30)16(2)19-7-8-20-17-13-23(29)28(33)10-5-6-24(31)27(28,4)21(17)9-11-26(19,20)3/h5-6,16-17,19-23,30,33H,7-14H2,1-4H3/t16-,17-,19+,20-,21-,22?,23-,26+,27-,28+/m0/s1. The molecule has 188 valence electrons. The minimum Gasteiger partial charge on any atom is -0.458 e. The monoisotopic (exact) mass is 490 g/mol. The quantitative estimate of drug-likeness (QED) is 0.446. The third-order valence-electron chi connectivity index (χ3n) is 11.3. The number of halogens is 1. The highest BCUT2D eigenvalue weighted by molar-refractivity contribution is 6.22. The van der Waals surface area contributed by atoms with Crippen molar-refractivity contribution in [1.82, 2.24) is 0 Å². The summed E-state index contributed by atoms with van der Waals surface area (Å²) in [4.78, 5) is 25.7. The van der Waals surface area contributed by atoms with Crippen molar-refractivity contribution in [3.8, 4) is 0 Å². The van der Waals surface area contributed by atoms with E-state index in [0.717, 1.165) is 37.7 Å². The molecule has 3 saturated carbocycles. The van der Waals surface area contributed by atoms with E-state index in [9.17, 15) is 19.8 Å². The summed E-state index contributed by atoms with van der Waals surface area (Å²) in [6.45, 7) is 8.26. The Balaban J connectivity index is 1.42. The number of rotatable bonds is 3. The lowest BCUT2D eigenvalue weighted by molar-refractivity contribution is -0.190. The van der Waals surface area contributed by atoms with Gasteiger partial charge in [-0.2, -0.15) is 0 Å². The molecule has 34 heavy (non-hydrogen) atoms. The molecule has 5 aliphatic rings. The molecule has 10 atom stereocenters. The second-order valence-electron chi connectivity index (χ2n) is 12.3. The summed E-state index contributed by atoms with van der Waals surface area (Å²) in [5, 5.41) is 20.7. The maximum absolute atomic E-state index is 13.2. The number of cyclic esters (lactones) is 1. The van der Waals surface area contributed by atoms with E-state index in [-0.39, 0.29) is 41.7 Å². The zero-order valence-electron chi connectivity index (χ0n) is 20.9. The van der Waals surface area contributed by atoms with Crippen LogP contribution in [0.15, 0.2) is 23.3 Å². The van der Waals surface area contributed by atoms with E-state index < -0.39 is 16.4 Å². The molecule has 1 aliphatic heterocycles. The molecule has 5 rings (SSSR count). The smallest absolute Gasteiger partial charge is 0.336 e. The molecule has 0 saturated heterocycles. The van der Waals surface area contributed by atoms with Crippen molar-refractivity contribution in [1.29, 1.82) is 0 Å². The highest BCUT2D eigenvalue weighted by Crippen LogP contribution is 2.68. The van der Waals surface area contributed by atoms with Gasteiger partial charge in [-0.05, 0) is 93.5 Å². The number of fused-ring (bicyclic) bond motifs is 5. The summed E-state index contributed by atoms with van der Waals surface area (Å²) < 4.78 is 5.83. The number of alkyl halides is 1. The first kappa shape index (κ1) is 24.5. The van der Waals surface area contributed by atoms with Crippen LogP contribution < -0.4 is 0 Å². The topological polar surface area (TPSA) is 83.8 Å². The molecule has 1 unspecified atom stereocenters. The average Bonchev–Trinajstić information content (AvgIpc) is 3.13. The van der Waals surface area contributed by atoms with Crippen LogP contribution in [0.1, 0.15) is 72.6 Å². The molecule has 5 nitrogen and oxygen atoms in total. The number of carbonyl (C=O) groups excluding carboxylic acids is 2. The number of ketones is 1. The van der Waals surface area contributed by atoms with Crippen LogP contribution >= 0.6 is 11.6 Å². The minimum atomic E-state index is -1.18. The summed E-state index contributed by atoms with van der Waals surface area (Å²) in [6.07, 6.45) is 9.28. The van der Waals surface area contributed by atoms with E-state index in [0.29, 0.717) is 36.2 Å². The Hall–Kier alpha value is -1.17. The molecule has 4 aliphatic carbocycles. The summed E-state index contributed by atoms with van der Waals surface area (Å²) >= 11 is 6.90. The fourth-order valence-corrected chi connectivity index (χ4v) is 9.70. The number of aliphatic hydroxyl groups excluding tert-OH is 1. The van der Waals surface area contributed by atoms with Crippen LogP contribution in [0.5, 0.6) is 0 Å². The first-order valence-electron chi connectivity index (χ1n) is 13.1. The van der Waals surface area contributed by atoms with Crippen molar-refractivity contribution >= 4 is 23.4 Å². The molecule has 1 heterocycles. The number of hydrogen-bond acceptors (Lipinski definition) is 5.